The SMILES string of the molecule is CC(=O)c1c(C)csc1NC(=O)c1cc2ccccc2o1. The standard InChI is InChI=1S/C16H13NO3S/c1-9-8-21-16(14(9)10(2)18)17-15(19)13-7-11-5-3-4-6-12(11)20-13/h3-8H,1-2H3,(H,17,19). The summed E-state index contributed by atoms with van der Waals surface area (Å²) in [7, 11) is 0. The Balaban J connectivity index is 1.91. The van der Waals surface area contributed by atoms with Crippen molar-refractivity contribution in [1.82, 2.24) is 0 Å². The minimum absolute atomic E-state index is 0.0614. The quantitative estimate of drug-likeness (QED) is 0.735. The molecule has 0 spiro atoms. The van der Waals surface area contributed by atoms with Crippen LogP contribution >= 0.6 is 11.3 Å². The van der Waals surface area contributed by atoms with E-state index in [-0.39, 0.29) is 17.5 Å². The zero-order chi connectivity index (χ0) is 15.0. The highest BCUT2D eigenvalue weighted by Crippen LogP contribution is 2.29. The average molecular weight is 299 g/mol. The number of nitrogens with one attached hydrogen (secondary N) is 1. The molecule has 0 saturated heterocycles. The Morgan fingerprint density at radius 2 is 2.00 bits per heavy atom. The van der Waals surface area contributed by atoms with Crippen molar-refractivity contribution in [3.05, 3.63) is 52.6 Å². The molecule has 0 unspecified atom stereocenters. The first-order chi connectivity index (χ1) is 10.1. The normalized spacial score (nSPS) is 10.8. The number of hydrogen-bond acceptors (Lipinski definition) is 4. The molecule has 0 saturated carbocycles. The van der Waals surface area contributed by atoms with E-state index in [2.05, 4.69) is 5.32 Å². The number of anilines is 1. The van der Waals surface area contributed by atoms with Crippen LogP contribution in [0.15, 0.2) is 40.1 Å². The number of thiophene rings is 1. The number of para-hydroxylation sites is 1. The van der Waals surface area contributed by atoms with E-state index in [0.29, 0.717) is 16.1 Å². The van der Waals surface area contributed by atoms with Crippen molar-refractivity contribution in [3.8, 4) is 0 Å². The molecule has 3 aromatic rings. The predicted molar refractivity (Wildman–Crippen MR) is 83.2 cm³/mol. The first-order valence-corrected chi connectivity index (χ1v) is 7.33. The third-order valence-electron chi connectivity index (χ3n) is 3.20. The maximum Gasteiger partial charge on any atom is 0.292 e. The van der Waals surface area contributed by atoms with Crippen molar-refractivity contribution in [2.24, 2.45) is 0 Å². The minimum Gasteiger partial charge on any atom is -0.451 e. The second-order valence-corrected chi connectivity index (χ2v) is 5.66. The van der Waals surface area contributed by atoms with Gasteiger partial charge < -0.3 is 9.73 Å². The molecule has 2 heterocycles. The van der Waals surface area contributed by atoms with Crippen LogP contribution < -0.4 is 5.32 Å². The molecule has 0 bridgehead atoms. The van der Waals surface area contributed by atoms with Gasteiger partial charge in [0.25, 0.3) is 5.91 Å². The monoisotopic (exact) mass is 299 g/mol. The highest BCUT2D eigenvalue weighted by molar-refractivity contribution is 7.15. The molecule has 1 N–H and O–H groups in total. The average Bonchev–Trinajstić information content (AvgIpc) is 3.02. The number of fused-ring (bicyclic) bond motifs is 1. The van der Waals surface area contributed by atoms with Crippen molar-refractivity contribution >= 4 is 39.0 Å². The molecule has 0 aliphatic heterocycles. The summed E-state index contributed by atoms with van der Waals surface area (Å²) in [5.41, 5.74) is 2.09. The van der Waals surface area contributed by atoms with Gasteiger partial charge in [-0.2, -0.15) is 0 Å². The molecule has 0 radical (unpaired) electrons. The molecule has 4 nitrogen and oxygen atoms in total. The van der Waals surface area contributed by atoms with E-state index in [1.165, 1.54) is 18.3 Å². The summed E-state index contributed by atoms with van der Waals surface area (Å²) in [4.78, 5) is 23.9. The van der Waals surface area contributed by atoms with Crippen LogP contribution in [0.5, 0.6) is 0 Å². The molecule has 0 fully saturated rings. The summed E-state index contributed by atoms with van der Waals surface area (Å²) in [6, 6.07) is 9.12. The maximum absolute atomic E-state index is 12.3. The fraction of sp³-hybridized carbons (Fsp3) is 0.125. The maximum atomic E-state index is 12.3. The number of ketones is 1. The molecule has 106 valence electrons. The molecule has 0 aliphatic carbocycles. The summed E-state index contributed by atoms with van der Waals surface area (Å²) in [5, 5.41) is 6.04. The molecule has 3 rings (SSSR count). The van der Waals surface area contributed by atoms with Crippen molar-refractivity contribution < 1.29 is 14.0 Å². The van der Waals surface area contributed by atoms with Crippen LogP contribution in [-0.2, 0) is 0 Å². The van der Waals surface area contributed by atoms with E-state index in [1.54, 1.807) is 6.07 Å². The predicted octanol–water partition coefficient (Wildman–Crippen LogP) is 4.26. The fourth-order valence-electron chi connectivity index (χ4n) is 2.23. The smallest absolute Gasteiger partial charge is 0.292 e. The molecule has 5 heteroatoms. The van der Waals surface area contributed by atoms with E-state index in [9.17, 15) is 9.59 Å². The molecule has 1 aromatic carbocycles. The number of Topliss-reactive ketones (excluding diaryl/α,β-unsaturated/α-hetero) is 1. The Kier molecular flexibility index (Phi) is 3.35. The van der Waals surface area contributed by atoms with Crippen LogP contribution in [0.4, 0.5) is 5.00 Å². The largest absolute Gasteiger partial charge is 0.451 e. The lowest BCUT2D eigenvalue weighted by Gasteiger charge is -2.03. The lowest BCUT2D eigenvalue weighted by atomic mass is 10.1. The van der Waals surface area contributed by atoms with Crippen molar-refractivity contribution in [2.45, 2.75) is 13.8 Å². The molecule has 2 aromatic heterocycles. The van der Waals surface area contributed by atoms with Gasteiger partial charge in [-0.05, 0) is 36.9 Å². The van der Waals surface area contributed by atoms with Gasteiger partial charge in [0.1, 0.15) is 10.6 Å². The second kappa shape index (κ2) is 5.18. The van der Waals surface area contributed by atoms with Gasteiger partial charge in [0.2, 0.25) is 0 Å². The Bertz CT molecular complexity index is 811. The third-order valence-corrected chi connectivity index (χ3v) is 4.22. The van der Waals surface area contributed by atoms with Gasteiger partial charge in [-0.3, -0.25) is 9.59 Å². The van der Waals surface area contributed by atoms with Crippen molar-refractivity contribution in [2.75, 3.05) is 5.32 Å². The summed E-state index contributed by atoms with van der Waals surface area (Å²) in [5.74, 6) is -0.180. The van der Waals surface area contributed by atoms with Gasteiger partial charge in [0, 0.05) is 5.39 Å². The topological polar surface area (TPSA) is 59.3 Å². The van der Waals surface area contributed by atoms with Crippen LogP contribution in [0.3, 0.4) is 0 Å². The van der Waals surface area contributed by atoms with Crippen LogP contribution in [0, 0.1) is 6.92 Å². The number of amides is 1. The van der Waals surface area contributed by atoms with Gasteiger partial charge in [0.15, 0.2) is 11.5 Å². The first-order valence-electron chi connectivity index (χ1n) is 6.45. The Morgan fingerprint density at radius 3 is 2.71 bits per heavy atom. The summed E-state index contributed by atoms with van der Waals surface area (Å²) in [6.07, 6.45) is 0. The van der Waals surface area contributed by atoms with Gasteiger partial charge >= 0.3 is 0 Å². The number of furan rings is 1. The van der Waals surface area contributed by atoms with Crippen LogP contribution in [0.2, 0.25) is 0 Å². The summed E-state index contributed by atoms with van der Waals surface area (Å²) < 4.78 is 5.52. The Morgan fingerprint density at radius 1 is 1.24 bits per heavy atom. The van der Waals surface area contributed by atoms with E-state index in [4.69, 9.17) is 4.42 Å². The molecule has 1 amide bonds. The number of carbonyl (C=O) groups is 2. The minimum atomic E-state index is -0.351. The van der Waals surface area contributed by atoms with Gasteiger partial charge in [0.05, 0.1) is 5.56 Å². The Labute approximate surface area is 125 Å². The first kappa shape index (κ1) is 13.6. The van der Waals surface area contributed by atoms with Gasteiger partial charge in [-0.25, -0.2) is 0 Å². The van der Waals surface area contributed by atoms with Crippen molar-refractivity contribution in [1.29, 1.82) is 0 Å². The highest BCUT2D eigenvalue weighted by Gasteiger charge is 2.18. The third kappa shape index (κ3) is 2.48. The fourth-order valence-corrected chi connectivity index (χ4v) is 3.22. The lowest BCUT2D eigenvalue weighted by molar-refractivity contribution is 0.0999. The van der Waals surface area contributed by atoms with Crippen molar-refractivity contribution in [3.63, 3.8) is 0 Å². The molecular formula is C16H13NO3S. The lowest BCUT2D eigenvalue weighted by Crippen LogP contribution is -2.12. The zero-order valence-corrected chi connectivity index (χ0v) is 12.4. The number of rotatable bonds is 3. The number of benzene rings is 1. The van der Waals surface area contributed by atoms with Gasteiger partial charge in [-0.15, -0.1) is 11.3 Å². The molecule has 21 heavy (non-hydrogen) atoms. The van der Waals surface area contributed by atoms with E-state index in [0.717, 1.165) is 10.9 Å². The van der Waals surface area contributed by atoms with E-state index < -0.39 is 0 Å². The molecule has 0 atom stereocenters. The number of aryl methyl sites for hydroxylation is 1. The van der Waals surface area contributed by atoms with Crippen LogP contribution in [0.25, 0.3) is 11.0 Å². The summed E-state index contributed by atoms with van der Waals surface area (Å²) in [6.45, 7) is 3.34. The zero-order valence-electron chi connectivity index (χ0n) is 11.6. The van der Waals surface area contributed by atoms with Crippen LogP contribution in [0.1, 0.15) is 33.4 Å². The number of hydrogen-bond donors (Lipinski definition) is 1. The van der Waals surface area contributed by atoms with Gasteiger partial charge in [-0.1, -0.05) is 18.2 Å². The number of carbonyl (C=O) groups excluding carboxylic acids is 2. The van der Waals surface area contributed by atoms with E-state index >= 15 is 0 Å². The van der Waals surface area contributed by atoms with Crippen LogP contribution in [-0.4, -0.2) is 11.7 Å². The van der Waals surface area contributed by atoms with E-state index in [1.807, 2.05) is 36.6 Å². The second-order valence-electron chi connectivity index (χ2n) is 4.78. The Hall–Kier alpha value is -2.40. The molecular weight excluding hydrogens is 286 g/mol. The summed E-state index contributed by atoms with van der Waals surface area (Å²) >= 11 is 1.34. The highest BCUT2D eigenvalue weighted by atomic mass is 32.1. The molecule has 0 aliphatic rings.